The molecule has 0 bridgehead atoms. The SMILES string of the molecule is C=Cn1cc(CNc2ccc3[nH]c(=O)[nH]c3c2)cn1. The average molecular weight is 255 g/mol. The van der Waals surface area contributed by atoms with E-state index in [9.17, 15) is 4.79 Å². The first-order chi connectivity index (χ1) is 9.24. The number of benzene rings is 1. The van der Waals surface area contributed by atoms with E-state index >= 15 is 0 Å². The minimum atomic E-state index is -0.195. The Balaban J connectivity index is 1.77. The molecule has 0 aliphatic rings. The van der Waals surface area contributed by atoms with E-state index in [4.69, 9.17) is 0 Å². The third-order valence-electron chi connectivity index (χ3n) is 2.85. The normalized spacial score (nSPS) is 10.7. The highest BCUT2D eigenvalue weighted by Gasteiger charge is 2.01. The Bertz CT molecular complexity index is 780. The first kappa shape index (κ1) is 11.3. The highest BCUT2D eigenvalue weighted by atomic mass is 16.1. The van der Waals surface area contributed by atoms with Crippen molar-refractivity contribution in [2.45, 2.75) is 6.54 Å². The molecule has 0 aliphatic heterocycles. The minimum absolute atomic E-state index is 0.195. The number of anilines is 1. The van der Waals surface area contributed by atoms with Crippen LogP contribution in [0.1, 0.15) is 5.56 Å². The van der Waals surface area contributed by atoms with Gasteiger partial charge in [0, 0.05) is 30.2 Å². The first-order valence-corrected chi connectivity index (χ1v) is 5.86. The van der Waals surface area contributed by atoms with Crippen molar-refractivity contribution in [1.82, 2.24) is 19.7 Å². The van der Waals surface area contributed by atoms with E-state index in [0.717, 1.165) is 22.3 Å². The van der Waals surface area contributed by atoms with Gasteiger partial charge in [0.25, 0.3) is 0 Å². The Morgan fingerprint density at radius 3 is 3.00 bits per heavy atom. The Hall–Kier alpha value is -2.76. The highest BCUT2D eigenvalue weighted by molar-refractivity contribution is 5.78. The van der Waals surface area contributed by atoms with Gasteiger partial charge in [-0.15, -0.1) is 0 Å². The summed E-state index contributed by atoms with van der Waals surface area (Å²) >= 11 is 0. The molecule has 96 valence electrons. The summed E-state index contributed by atoms with van der Waals surface area (Å²) in [4.78, 5) is 16.6. The summed E-state index contributed by atoms with van der Waals surface area (Å²) in [5.41, 5.74) is 3.39. The van der Waals surface area contributed by atoms with Gasteiger partial charge in [-0.25, -0.2) is 9.48 Å². The first-order valence-electron chi connectivity index (χ1n) is 5.86. The van der Waals surface area contributed by atoms with Crippen LogP contribution in [-0.4, -0.2) is 19.7 Å². The molecule has 3 aromatic rings. The largest absolute Gasteiger partial charge is 0.381 e. The number of hydrogen-bond acceptors (Lipinski definition) is 3. The fourth-order valence-corrected chi connectivity index (χ4v) is 1.92. The summed E-state index contributed by atoms with van der Waals surface area (Å²) in [7, 11) is 0. The second kappa shape index (κ2) is 4.49. The molecule has 0 fully saturated rings. The van der Waals surface area contributed by atoms with Gasteiger partial charge in [-0.05, 0) is 18.2 Å². The number of nitrogens with one attached hydrogen (secondary N) is 3. The van der Waals surface area contributed by atoms with Gasteiger partial charge >= 0.3 is 5.69 Å². The maximum absolute atomic E-state index is 11.2. The molecule has 6 nitrogen and oxygen atoms in total. The molecule has 0 radical (unpaired) electrons. The topological polar surface area (TPSA) is 78.5 Å². The zero-order chi connectivity index (χ0) is 13.2. The van der Waals surface area contributed by atoms with E-state index in [2.05, 4.69) is 27.0 Å². The average Bonchev–Trinajstić information content (AvgIpc) is 3.00. The number of H-pyrrole nitrogens is 2. The van der Waals surface area contributed by atoms with Crippen LogP contribution in [0.2, 0.25) is 0 Å². The van der Waals surface area contributed by atoms with Crippen molar-refractivity contribution in [3.8, 4) is 0 Å². The van der Waals surface area contributed by atoms with Gasteiger partial charge in [0.1, 0.15) is 0 Å². The fraction of sp³-hybridized carbons (Fsp3) is 0.0769. The van der Waals surface area contributed by atoms with Crippen molar-refractivity contribution in [2.75, 3.05) is 5.32 Å². The van der Waals surface area contributed by atoms with Crippen LogP contribution in [0.15, 0.2) is 42.0 Å². The molecular weight excluding hydrogens is 242 g/mol. The second-order valence-electron chi connectivity index (χ2n) is 4.20. The molecule has 0 saturated heterocycles. The molecule has 0 unspecified atom stereocenters. The number of aromatic nitrogens is 4. The lowest BCUT2D eigenvalue weighted by Crippen LogP contribution is -1.99. The summed E-state index contributed by atoms with van der Waals surface area (Å²) in [6.07, 6.45) is 5.32. The standard InChI is InChI=1S/C13H13N5O/c1-2-18-8-9(7-15-18)6-14-10-3-4-11-12(5-10)17-13(19)16-11/h2-5,7-8,14H,1,6H2,(H2,16,17,19). The number of imidazole rings is 1. The van der Waals surface area contributed by atoms with Gasteiger partial charge in [-0.3, -0.25) is 0 Å². The van der Waals surface area contributed by atoms with Gasteiger partial charge in [0.05, 0.1) is 17.2 Å². The van der Waals surface area contributed by atoms with Gasteiger partial charge in [0.15, 0.2) is 0 Å². The molecule has 0 atom stereocenters. The molecule has 6 heteroatoms. The van der Waals surface area contributed by atoms with Gasteiger partial charge < -0.3 is 15.3 Å². The molecule has 19 heavy (non-hydrogen) atoms. The number of aromatic amines is 2. The lowest BCUT2D eigenvalue weighted by atomic mass is 10.2. The maximum Gasteiger partial charge on any atom is 0.323 e. The molecular formula is C13H13N5O. The van der Waals surface area contributed by atoms with Crippen LogP contribution in [-0.2, 0) is 6.54 Å². The summed E-state index contributed by atoms with van der Waals surface area (Å²) in [5, 5.41) is 7.38. The third kappa shape index (κ3) is 2.28. The van der Waals surface area contributed by atoms with Gasteiger partial charge in [0.2, 0.25) is 0 Å². The Morgan fingerprint density at radius 2 is 2.21 bits per heavy atom. The van der Waals surface area contributed by atoms with Crippen LogP contribution in [0.4, 0.5) is 5.69 Å². The van der Waals surface area contributed by atoms with Crippen LogP contribution < -0.4 is 11.0 Å². The number of hydrogen-bond donors (Lipinski definition) is 3. The van der Waals surface area contributed by atoms with E-state index in [1.54, 1.807) is 17.1 Å². The Morgan fingerprint density at radius 1 is 1.37 bits per heavy atom. The zero-order valence-corrected chi connectivity index (χ0v) is 10.2. The van der Waals surface area contributed by atoms with Gasteiger partial charge in [-0.1, -0.05) is 6.58 Å². The van der Waals surface area contributed by atoms with Crippen LogP contribution in [0.5, 0.6) is 0 Å². The fourth-order valence-electron chi connectivity index (χ4n) is 1.92. The molecule has 3 rings (SSSR count). The van der Waals surface area contributed by atoms with Crippen molar-refractivity contribution in [3.63, 3.8) is 0 Å². The van der Waals surface area contributed by atoms with Crippen LogP contribution >= 0.6 is 0 Å². The monoisotopic (exact) mass is 255 g/mol. The maximum atomic E-state index is 11.2. The van der Waals surface area contributed by atoms with E-state index in [0.29, 0.717) is 6.54 Å². The molecule has 1 aromatic carbocycles. The molecule has 0 spiro atoms. The minimum Gasteiger partial charge on any atom is -0.381 e. The van der Waals surface area contributed by atoms with Gasteiger partial charge in [-0.2, -0.15) is 5.10 Å². The van der Waals surface area contributed by atoms with Crippen LogP contribution in [0.25, 0.3) is 17.2 Å². The Kier molecular flexibility index (Phi) is 2.68. The van der Waals surface area contributed by atoms with E-state index in [-0.39, 0.29) is 5.69 Å². The molecule has 0 aliphatic carbocycles. The second-order valence-corrected chi connectivity index (χ2v) is 4.20. The predicted molar refractivity (Wildman–Crippen MR) is 74.9 cm³/mol. The van der Waals surface area contributed by atoms with Crippen LogP contribution in [0, 0.1) is 0 Å². The van der Waals surface area contributed by atoms with E-state index in [1.165, 1.54) is 0 Å². The lowest BCUT2D eigenvalue weighted by molar-refractivity contribution is 0.936. The lowest BCUT2D eigenvalue weighted by Gasteiger charge is -2.04. The quantitative estimate of drug-likeness (QED) is 0.664. The summed E-state index contributed by atoms with van der Waals surface area (Å²) in [5.74, 6) is 0. The third-order valence-corrected chi connectivity index (χ3v) is 2.85. The number of nitrogens with zero attached hydrogens (tertiary/aromatic N) is 2. The summed E-state index contributed by atoms with van der Waals surface area (Å²) in [6.45, 7) is 4.30. The molecule has 2 aromatic heterocycles. The van der Waals surface area contributed by atoms with Crippen molar-refractivity contribution < 1.29 is 0 Å². The van der Waals surface area contributed by atoms with Crippen molar-refractivity contribution in [2.24, 2.45) is 0 Å². The smallest absolute Gasteiger partial charge is 0.323 e. The van der Waals surface area contributed by atoms with E-state index in [1.807, 2.05) is 24.4 Å². The molecule has 0 saturated carbocycles. The van der Waals surface area contributed by atoms with Crippen molar-refractivity contribution >= 4 is 22.9 Å². The summed E-state index contributed by atoms with van der Waals surface area (Å²) in [6, 6.07) is 5.68. The molecule has 0 amide bonds. The molecule has 3 N–H and O–H groups in total. The number of fused-ring (bicyclic) bond motifs is 1. The van der Waals surface area contributed by atoms with E-state index < -0.39 is 0 Å². The van der Waals surface area contributed by atoms with Crippen LogP contribution in [0.3, 0.4) is 0 Å². The summed E-state index contributed by atoms with van der Waals surface area (Å²) < 4.78 is 1.66. The molecule has 2 heterocycles. The van der Waals surface area contributed by atoms with Crippen molar-refractivity contribution in [3.05, 3.63) is 53.2 Å². The van der Waals surface area contributed by atoms with Crippen molar-refractivity contribution in [1.29, 1.82) is 0 Å². The predicted octanol–water partition coefficient (Wildman–Crippen LogP) is 1.77. The Labute approximate surface area is 108 Å². The number of rotatable bonds is 4. The highest BCUT2D eigenvalue weighted by Crippen LogP contribution is 2.15. The zero-order valence-electron chi connectivity index (χ0n) is 10.2.